The molecule has 0 heterocycles. The van der Waals surface area contributed by atoms with Crippen LogP contribution in [0.5, 0.6) is 0 Å². The van der Waals surface area contributed by atoms with Crippen LogP contribution in [0.25, 0.3) is 0 Å². The van der Waals surface area contributed by atoms with Crippen molar-refractivity contribution in [1.29, 1.82) is 5.26 Å². The topological polar surface area (TPSA) is 36.1 Å². The summed E-state index contributed by atoms with van der Waals surface area (Å²) in [7, 11) is 0. The zero-order valence-corrected chi connectivity index (χ0v) is 15.0. The number of benzene rings is 1. The first-order valence-corrected chi connectivity index (χ1v) is 14.3. The first-order chi connectivity index (χ1) is 9.19. The van der Waals surface area contributed by atoms with Crippen molar-refractivity contribution in [3.05, 3.63) is 41.5 Å². The van der Waals surface area contributed by atoms with E-state index in [0.29, 0.717) is 12.0 Å². The molecule has 3 heteroatoms. The van der Waals surface area contributed by atoms with Crippen molar-refractivity contribution in [2.75, 3.05) is 0 Å². The second-order valence-corrected chi connectivity index (χ2v) is 18.4. The van der Waals surface area contributed by atoms with Gasteiger partial charge in [-0.25, -0.2) is 0 Å². The van der Waals surface area contributed by atoms with Gasteiger partial charge in [0, 0.05) is 0 Å². The van der Waals surface area contributed by atoms with Crippen LogP contribution in [0.2, 0.25) is 13.3 Å². The first kappa shape index (κ1) is 16.0. The summed E-state index contributed by atoms with van der Waals surface area (Å²) in [4.78, 5) is 0. The summed E-state index contributed by atoms with van der Waals surface area (Å²) >= 11 is -2.35. The Labute approximate surface area is 121 Å². The average molecular weight is 361 g/mol. The van der Waals surface area contributed by atoms with Crippen molar-refractivity contribution in [1.82, 2.24) is 0 Å². The van der Waals surface area contributed by atoms with Crippen LogP contribution in [-0.4, -0.2) is 24.5 Å². The molecule has 0 radical (unpaired) electrons. The molecule has 19 heavy (non-hydrogen) atoms. The maximum atomic E-state index is 9.22. The molecule has 0 saturated carbocycles. The Morgan fingerprint density at radius 3 is 2.16 bits per heavy atom. The summed E-state index contributed by atoms with van der Waals surface area (Å²) in [5.74, 6) is 3.09. The normalized spacial score (nSPS) is 10.4. The molecule has 0 fully saturated rings. The Kier molecular flexibility index (Phi) is 6.91. The van der Waals surface area contributed by atoms with Crippen molar-refractivity contribution in [3.63, 3.8) is 0 Å². The third-order valence-electron chi connectivity index (χ3n) is 3.76. The van der Waals surface area contributed by atoms with Gasteiger partial charge in [-0.3, -0.25) is 0 Å². The quantitative estimate of drug-likeness (QED) is 0.422. The molecule has 1 aromatic rings. The minimum absolute atomic E-state index is 0.639. The van der Waals surface area contributed by atoms with Crippen LogP contribution >= 0.6 is 0 Å². The Bertz CT molecular complexity index is 481. The van der Waals surface area contributed by atoms with Gasteiger partial charge in [0.15, 0.2) is 0 Å². The zero-order valence-electron chi connectivity index (χ0n) is 12.1. The van der Waals surface area contributed by atoms with Crippen molar-refractivity contribution in [2.24, 2.45) is 3.21 Å². The van der Waals surface area contributed by atoms with E-state index in [0.717, 1.165) is 5.56 Å². The molecule has 0 aliphatic carbocycles. The molecule has 2 nitrogen and oxygen atoms in total. The molecule has 0 N–H and O–H groups in total. The number of hydrogen-bond acceptors (Lipinski definition) is 2. The Balaban J connectivity index is 2.96. The molecule has 0 aromatic heterocycles. The summed E-state index contributed by atoms with van der Waals surface area (Å²) < 4.78 is 8.36. The van der Waals surface area contributed by atoms with Gasteiger partial charge in [-0.05, 0) is 0 Å². The number of rotatable bonds is 6. The number of allylic oxidation sites excluding steroid dienone is 1. The van der Waals surface area contributed by atoms with Crippen LogP contribution in [0.15, 0.2) is 39.1 Å². The predicted octanol–water partition coefficient (Wildman–Crippen LogP) is 4.35. The van der Waals surface area contributed by atoms with Crippen LogP contribution in [0.1, 0.15) is 26.3 Å². The van der Waals surface area contributed by atoms with E-state index >= 15 is 0 Å². The second kappa shape index (κ2) is 8.19. The van der Waals surface area contributed by atoms with Crippen molar-refractivity contribution >= 4 is 24.5 Å². The van der Waals surface area contributed by atoms with Gasteiger partial charge < -0.3 is 0 Å². The van der Waals surface area contributed by atoms with Gasteiger partial charge >= 0.3 is 121 Å². The third-order valence-corrected chi connectivity index (χ3v) is 16.7. The van der Waals surface area contributed by atoms with E-state index in [1.54, 1.807) is 0 Å². The van der Waals surface area contributed by atoms with E-state index in [-0.39, 0.29) is 0 Å². The molecule has 0 atom stereocenters. The van der Waals surface area contributed by atoms with Crippen LogP contribution in [0, 0.1) is 11.3 Å². The fraction of sp³-hybridized carbons (Fsp3) is 0.438. The van der Waals surface area contributed by atoms with E-state index in [2.05, 4.69) is 32.7 Å². The number of nitrogens with zero attached hydrogens (tertiary/aromatic N) is 2. The van der Waals surface area contributed by atoms with Gasteiger partial charge in [-0.1, -0.05) is 0 Å². The van der Waals surface area contributed by atoms with Gasteiger partial charge in [0.25, 0.3) is 0 Å². The summed E-state index contributed by atoms with van der Waals surface area (Å²) in [6.45, 7) is 6.70. The molecule has 1 aromatic carbocycles. The summed E-state index contributed by atoms with van der Waals surface area (Å²) in [6, 6.07) is 12.3. The molecule has 0 aliphatic rings. The van der Waals surface area contributed by atoms with E-state index in [4.69, 9.17) is 3.21 Å². The standard InChI is InChI=1S/C10H7N2.3C2H5.Sn/c11-7-10(8-12)6-9-4-2-1-3-5-9;3*1-2;/h1-5H,6H2;3*1H2,2H3;/q-1;;;;+1. The van der Waals surface area contributed by atoms with Gasteiger partial charge in [-0.15, -0.1) is 0 Å². The van der Waals surface area contributed by atoms with Gasteiger partial charge in [0.1, 0.15) is 0 Å². The second-order valence-electron chi connectivity index (χ2n) is 4.76. The fourth-order valence-electron chi connectivity index (χ4n) is 2.08. The molecular weight excluding hydrogens is 339 g/mol. The zero-order chi connectivity index (χ0) is 14.1. The van der Waals surface area contributed by atoms with Crippen LogP contribution in [0.4, 0.5) is 0 Å². The summed E-state index contributed by atoms with van der Waals surface area (Å²) in [5, 5.41) is 9.22. The third kappa shape index (κ3) is 4.85. The van der Waals surface area contributed by atoms with E-state index in [9.17, 15) is 5.26 Å². The molecule has 100 valence electrons. The summed E-state index contributed by atoms with van der Waals surface area (Å²) in [6.07, 6.45) is 0.639. The molecule has 1 rings (SSSR count). The van der Waals surface area contributed by atoms with E-state index < -0.39 is 18.7 Å². The van der Waals surface area contributed by atoms with E-state index in [1.807, 2.05) is 30.3 Å². The van der Waals surface area contributed by atoms with Crippen LogP contribution in [0.3, 0.4) is 0 Å². The maximum absolute atomic E-state index is 9.22. The van der Waals surface area contributed by atoms with Gasteiger partial charge in [-0.2, -0.15) is 0 Å². The Morgan fingerprint density at radius 1 is 1.11 bits per heavy atom. The summed E-state index contributed by atoms with van der Waals surface area (Å²) in [5.41, 5.74) is 1.80. The predicted molar refractivity (Wildman–Crippen MR) is 83.9 cm³/mol. The average Bonchev–Trinajstić information content (AvgIpc) is 2.49. The molecular formula is C16H22N2Sn. The molecule has 0 spiro atoms. The van der Waals surface area contributed by atoms with E-state index in [1.165, 1.54) is 13.3 Å². The molecule has 0 saturated heterocycles. The van der Waals surface area contributed by atoms with Crippen molar-refractivity contribution in [2.45, 2.75) is 40.5 Å². The fourth-order valence-corrected chi connectivity index (χ4v) is 8.77. The van der Waals surface area contributed by atoms with Crippen molar-refractivity contribution in [3.8, 4) is 6.07 Å². The number of nitriles is 1. The minimum atomic E-state index is -2.35. The molecule has 0 aliphatic heterocycles. The first-order valence-electron chi connectivity index (χ1n) is 6.97. The Hall–Kier alpha value is -1.04. The monoisotopic (exact) mass is 362 g/mol. The SMILES string of the molecule is C[CH2][Sn]([CH2]C)([CH2]C)[N]=C=C(C#N)Cc1ccccc1. The van der Waals surface area contributed by atoms with Crippen molar-refractivity contribution < 1.29 is 0 Å². The van der Waals surface area contributed by atoms with Crippen LogP contribution in [-0.2, 0) is 6.42 Å². The Morgan fingerprint density at radius 2 is 1.68 bits per heavy atom. The van der Waals surface area contributed by atoms with Gasteiger partial charge in [0.05, 0.1) is 0 Å². The number of hydrogen-bond donors (Lipinski definition) is 0. The molecule has 0 bridgehead atoms. The molecule has 0 unspecified atom stereocenters. The van der Waals surface area contributed by atoms with Gasteiger partial charge in [0.2, 0.25) is 0 Å². The molecule has 0 amide bonds. The van der Waals surface area contributed by atoms with Crippen LogP contribution < -0.4 is 0 Å².